The van der Waals surface area contributed by atoms with Gasteiger partial charge in [-0.15, -0.1) is 11.3 Å². The van der Waals surface area contributed by atoms with Crippen LogP contribution in [0.25, 0.3) is 11.3 Å². The molecule has 0 aliphatic heterocycles. The molecule has 1 saturated carbocycles. The van der Waals surface area contributed by atoms with Gasteiger partial charge in [0.15, 0.2) is 16.7 Å². The van der Waals surface area contributed by atoms with Crippen LogP contribution in [0.4, 0.5) is 20.0 Å². The molecule has 1 aliphatic carbocycles. The lowest BCUT2D eigenvalue weighted by molar-refractivity contribution is 0.202. The molecule has 2 N–H and O–H groups in total. The molecule has 2 heterocycles. The minimum Gasteiger partial charge on any atom is -0.490 e. The number of pyridine rings is 1. The Hall–Kier alpha value is -3.00. The molecule has 30 heavy (non-hydrogen) atoms. The average molecular weight is 427 g/mol. The smallest absolute Gasteiger partial charge is 0.325 e. The molecule has 0 atom stereocenters. The van der Waals surface area contributed by atoms with Crippen LogP contribution in [0.2, 0.25) is 0 Å². The van der Waals surface area contributed by atoms with Gasteiger partial charge in [-0.05, 0) is 43.0 Å². The second-order valence-electron chi connectivity index (χ2n) is 7.35. The van der Waals surface area contributed by atoms with Crippen LogP contribution < -0.4 is 15.4 Å². The quantitative estimate of drug-likeness (QED) is 0.563. The van der Waals surface area contributed by atoms with Crippen molar-refractivity contribution in [3.05, 3.63) is 53.9 Å². The van der Waals surface area contributed by atoms with Crippen molar-refractivity contribution in [3.63, 3.8) is 0 Å². The highest BCUT2D eigenvalue weighted by Gasteiger charge is 2.21. The normalized spacial score (nSPS) is 14.4. The number of hydrogen-bond acceptors (Lipinski definition) is 5. The number of primary amides is 1. The van der Waals surface area contributed by atoms with Gasteiger partial charge in [-0.1, -0.05) is 19.3 Å². The van der Waals surface area contributed by atoms with E-state index in [9.17, 15) is 9.18 Å². The molecule has 1 aliphatic rings. The Morgan fingerprint density at radius 3 is 2.67 bits per heavy atom. The molecule has 4 rings (SSSR count). The van der Waals surface area contributed by atoms with Gasteiger partial charge in [0.1, 0.15) is 0 Å². The van der Waals surface area contributed by atoms with Crippen LogP contribution in [0.3, 0.4) is 0 Å². The number of nitrogens with zero attached hydrogens (tertiary/aromatic N) is 3. The number of thiazole rings is 1. The summed E-state index contributed by atoms with van der Waals surface area (Å²) in [6, 6.07) is 7.34. The molecule has 2 amide bonds. The number of carbonyl (C=O) groups is 1. The van der Waals surface area contributed by atoms with Crippen molar-refractivity contribution < 1.29 is 13.9 Å². The van der Waals surface area contributed by atoms with Crippen LogP contribution in [0, 0.1) is 11.7 Å². The molecule has 1 fully saturated rings. The fourth-order valence-corrected chi connectivity index (χ4v) is 4.52. The topological polar surface area (TPSA) is 81.3 Å². The first-order valence-electron chi connectivity index (χ1n) is 9.99. The number of rotatable bonds is 6. The lowest BCUT2D eigenvalue weighted by Crippen LogP contribution is -2.31. The molecule has 0 saturated heterocycles. The van der Waals surface area contributed by atoms with E-state index in [2.05, 4.69) is 9.97 Å². The lowest BCUT2D eigenvalue weighted by atomic mass is 9.90. The van der Waals surface area contributed by atoms with Crippen LogP contribution in [0.5, 0.6) is 5.75 Å². The van der Waals surface area contributed by atoms with Gasteiger partial charge >= 0.3 is 6.03 Å². The maximum atomic E-state index is 14.7. The predicted octanol–water partition coefficient (Wildman–Crippen LogP) is 5.52. The minimum absolute atomic E-state index is 0.186. The standard InChI is InChI=1S/C22H23FN4O2S/c23-18-12-17(6-7-20(18)29-13-15-4-2-1-3-5-15)27(21(24)28)22-26-19(14-30-22)16-8-10-25-11-9-16/h6-12,14-15H,1-5,13H2,(H2,24,28). The van der Waals surface area contributed by atoms with Crippen molar-refractivity contribution in [2.75, 3.05) is 11.5 Å². The highest BCUT2D eigenvalue weighted by Crippen LogP contribution is 2.34. The van der Waals surface area contributed by atoms with Crippen LogP contribution in [0.1, 0.15) is 32.1 Å². The number of hydrogen-bond donors (Lipinski definition) is 1. The Kier molecular flexibility index (Phi) is 6.23. The number of carbonyl (C=O) groups excluding carboxylic acids is 1. The average Bonchev–Trinajstić information content (AvgIpc) is 3.24. The summed E-state index contributed by atoms with van der Waals surface area (Å²) >= 11 is 1.25. The molecule has 0 bridgehead atoms. The molecule has 0 radical (unpaired) electrons. The van der Waals surface area contributed by atoms with E-state index in [4.69, 9.17) is 10.5 Å². The first-order chi connectivity index (χ1) is 14.6. The second kappa shape index (κ2) is 9.21. The summed E-state index contributed by atoms with van der Waals surface area (Å²) in [6.07, 6.45) is 9.26. The fraction of sp³-hybridized carbons (Fsp3) is 0.318. The zero-order chi connectivity index (χ0) is 20.9. The van der Waals surface area contributed by atoms with Gasteiger partial charge in [-0.3, -0.25) is 4.98 Å². The summed E-state index contributed by atoms with van der Waals surface area (Å²) in [5.41, 5.74) is 7.45. The van der Waals surface area contributed by atoms with Crippen molar-refractivity contribution in [2.24, 2.45) is 11.7 Å². The zero-order valence-corrected chi connectivity index (χ0v) is 17.3. The Morgan fingerprint density at radius 1 is 1.20 bits per heavy atom. The Labute approximate surface area is 178 Å². The minimum atomic E-state index is -0.735. The zero-order valence-electron chi connectivity index (χ0n) is 16.5. The van der Waals surface area contributed by atoms with E-state index in [1.165, 1.54) is 41.6 Å². The van der Waals surface area contributed by atoms with Crippen molar-refractivity contribution in [1.29, 1.82) is 0 Å². The van der Waals surface area contributed by atoms with Gasteiger partial charge in [0.25, 0.3) is 0 Å². The third kappa shape index (κ3) is 4.59. The predicted molar refractivity (Wildman–Crippen MR) is 116 cm³/mol. The van der Waals surface area contributed by atoms with Crippen molar-refractivity contribution >= 4 is 28.2 Å². The van der Waals surface area contributed by atoms with Gasteiger partial charge in [-0.2, -0.15) is 0 Å². The number of ether oxygens (including phenoxy) is 1. The molecular formula is C22H23FN4O2S. The highest BCUT2D eigenvalue weighted by atomic mass is 32.1. The molecule has 1 aromatic carbocycles. The molecular weight excluding hydrogens is 403 g/mol. The van der Waals surface area contributed by atoms with E-state index in [1.807, 2.05) is 17.5 Å². The van der Waals surface area contributed by atoms with Gasteiger partial charge in [0.05, 0.1) is 18.0 Å². The van der Waals surface area contributed by atoms with Crippen molar-refractivity contribution in [2.45, 2.75) is 32.1 Å². The first-order valence-corrected chi connectivity index (χ1v) is 10.9. The van der Waals surface area contributed by atoms with Crippen LogP contribution in [-0.2, 0) is 0 Å². The van der Waals surface area contributed by atoms with E-state index >= 15 is 0 Å². The van der Waals surface area contributed by atoms with Crippen LogP contribution in [0.15, 0.2) is 48.1 Å². The maximum absolute atomic E-state index is 14.7. The number of halogens is 1. The van der Waals surface area contributed by atoms with Gasteiger partial charge in [-0.25, -0.2) is 19.1 Å². The second-order valence-corrected chi connectivity index (χ2v) is 8.19. The van der Waals surface area contributed by atoms with Crippen molar-refractivity contribution in [1.82, 2.24) is 9.97 Å². The summed E-state index contributed by atoms with van der Waals surface area (Å²) < 4.78 is 20.4. The number of urea groups is 1. The van der Waals surface area contributed by atoms with E-state index < -0.39 is 11.8 Å². The number of amides is 2. The number of aromatic nitrogens is 2. The maximum Gasteiger partial charge on any atom is 0.325 e. The number of anilines is 2. The first kappa shape index (κ1) is 20.3. The fourth-order valence-electron chi connectivity index (χ4n) is 3.66. The molecule has 0 unspecified atom stereocenters. The van der Waals surface area contributed by atoms with Gasteiger partial charge in [0.2, 0.25) is 0 Å². The van der Waals surface area contributed by atoms with E-state index in [0.29, 0.717) is 29.0 Å². The summed E-state index contributed by atoms with van der Waals surface area (Å²) in [5, 5.41) is 2.18. The molecule has 0 spiro atoms. The summed E-state index contributed by atoms with van der Waals surface area (Å²) in [6.45, 7) is 0.511. The van der Waals surface area contributed by atoms with E-state index in [-0.39, 0.29) is 5.75 Å². The number of nitrogens with two attached hydrogens (primary N) is 1. The summed E-state index contributed by atoms with van der Waals surface area (Å²) in [5.74, 6) is 0.132. The highest BCUT2D eigenvalue weighted by molar-refractivity contribution is 7.14. The molecule has 2 aromatic heterocycles. The van der Waals surface area contributed by atoms with Gasteiger partial charge < -0.3 is 10.5 Å². The Balaban J connectivity index is 1.52. The molecule has 3 aromatic rings. The van der Waals surface area contributed by atoms with E-state index in [1.54, 1.807) is 24.5 Å². The Bertz CT molecular complexity index is 1010. The Morgan fingerprint density at radius 2 is 1.97 bits per heavy atom. The monoisotopic (exact) mass is 426 g/mol. The summed E-state index contributed by atoms with van der Waals surface area (Å²) in [4.78, 5) is 21.8. The summed E-state index contributed by atoms with van der Waals surface area (Å²) in [7, 11) is 0. The lowest BCUT2D eigenvalue weighted by Gasteiger charge is -2.22. The third-order valence-corrected chi connectivity index (χ3v) is 6.08. The number of benzene rings is 1. The van der Waals surface area contributed by atoms with Crippen LogP contribution >= 0.6 is 11.3 Å². The van der Waals surface area contributed by atoms with E-state index in [0.717, 1.165) is 18.4 Å². The molecule has 8 heteroatoms. The molecule has 156 valence electrons. The third-order valence-electron chi connectivity index (χ3n) is 5.25. The largest absolute Gasteiger partial charge is 0.490 e. The van der Waals surface area contributed by atoms with Gasteiger partial charge in [0, 0.05) is 29.4 Å². The molecule has 6 nitrogen and oxygen atoms in total. The SMILES string of the molecule is NC(=O)N(c1ccc(OCC2CCCCC2)c(F)c1)c1nc(-c2ccncc2)cs1. The van der Waals surface area contributed by atoms with Crippen molar-refractivity contribution in [3.8, 4) is 17.0 Å². The van der Waals surface area contributed by atoms with Crippen LogP contribution in [-0.4, -0.2) is 22.6 Å².